The Balaban J connectivity index is 1.98. The van der Waals surface area contributed by atoms with Crippen LogP contribution in [0.2, 0.25) is 0 Å². The Bertz CT molecular complexity index is 545. The highest BCUT2D eigenvalue weighted by Crippen LogP contribution is 2.14. The van der Waals surface area contributed by atoms with E-state index in [9.17, 15) is 8.42 Å². The maximum atomic E-state index is 12.3. The molecule has 0 spiro atoms. The van der Waals surface area contributed by atoms with Crippen molar-refractivity contribution in [2.24, 2.45) is 0 Å². The van der Waals surface area contributed by atoms with Crippen LogP contribution in [0.15, 0.2) is 29.2 Å². The molecule has 0 radical (unpaired) electrons. The molecule has 0 aliphatic carbocycles. The molecular formula is C14H22N2O3S. The minimum Gasteiger partial charge on any atom is -0.374 e. The first-order chi connectivity index (χ1) is 9.53. The van der Waals surface area contributed by atoms with E-state index >= 15 is 0 Å². The standard InChI is InChI=1S/C14H22N2O3S/c1-3-16-8-9-19-13(11-16)10-15-20(17,18)14-7-5-4-6-12(14)2/h4-7,13,15H,3,8-11H2,1-2H3. The molecule has 1 aromatic carbocycles. The van der Waals surface area contributed by atoms with Crippen LogP contribution in [0.3, 0.4) is 0 Å². The molecule has 1 aliphatic heterocycles. The van der Waals surface area contributed by atoms with E-state index in [4.69, 9.17) is 4.74 Å². The summed E-state index contributed by atoms with van der Waals surface area (Å²) in [7, 11) is -3.46. The molecule has 1 unspecified atom stereocenters. The first kappa shape index (κ1) is 15.4. The Morgan fingerprint density at radius 2 is 2.15 bits per heavy atom. The molecule has 1 N–H and O–H groups in total. The predicted octanol–water partition coefficient (Wildman–Crippen LogP) is 0.994. The number of aryl methyl sites for hydroxylation is 1. The van der Waals surface area contributed by atoms with Gasteiger partial charge in [-0.05, 0) is 25.1 Å². The molecule has 1 heterocycles. The van der Waals surface area contributed by atoms with Crippen LogP contribution in [0.5, 0.6) is 0 Å². The fraction of sp³-hybridized carbons (Fsp3) is 0.571. The normalized spacial score (nSPS) is 21.0. The molecule has 112 valence electrons. The number of hydrogen-bond acceptors (Lipinski definition) is 4. The number of rotatable bonds is 5. The number of ether oxygens (including phenoxy) is 1. The van der Waals surface area contributed by atoms with Crippen molar-refractivity contribution in [2.45, 2.75) is 24.8 Å². The summed E-state index contributed by atoms with van der Waals surface area (Å²) < 4.78 is 32.8. The maximum absolute atomic E-state index is 12.3. The fourth-order valence-electron chi connectivity index (χ4n) is 2.33. The second-order valence-electron chi connectivity index (χ2n) is 5.00. The van der Waals surface area contributed by atoms with Gasteiger partial charge in [0.15, 0.2) is 0 Å². The Morgan fingerprint density at radius 3 is 2.85 bits per heavy atom. The first-order valence-electron chi connectivity index (χ1n) is 6.92. The maximum Gasteiger partial charge on any atom is 0.240 e. The number of benzene rings is 1. The quantitative estimate of drug-likeness (QED) is 0.881. The lowest BCUT2D eigenvalue weighted by Gasteiger charge is -2.32. The number of likely N-dealkylation sites (N-methyl/N-ethyl adjacent to an activating group) is 1. The zero-order valence-corrected chi connectivity index (χ0v) is 12.8. The van der Waals surface area contributed by atoms with Crippen LogP contribution in [-0.2, 0) is 14.8 Å². The van der Waals surface area contributed by atoms with E-state index in [2.05, 4.69) is 16.5 Å². The van der Waals surface area contributed by atoms with Crippen molar-refractivity contribution in [1.29, 1.82) is 0 Å². The van der Waals surface area contributed by atoms with Gasteiger partial charge in [0.1, 0.15) is 0 Å². The van der Waals surface area contributed by atoms with Crippen molar-refractivity contribution in [3.8, 4) is 0 Å². The van der Waals surface area contributed by atoms with Crippen LogP contribution in [0.25, 0.3) is 0 Å². The summed E-state index contributed by atoms with van der Waals surface area (Å²) in [4.78, 5) is 2.60. The molecular weight excluding hydrogens is 276 g/mol. The average molecular weight is 298 g/mol. The van der Waals surface area contributed by atoms with E-state index in [0.29, 0.717) is 18.0 Å². The van der Waals surface area contributed by atoms with Gasteiger partial charge in [0.05, 0.1) is 17.6 Å². The van der Waals surface area contributed by atoms with E-state index in [-0.39, 0.29) is 6.10 Å². The van der Waals surface area contributed by atoms with Crippen molar-refractivity contribution < 1.29 is 13.2 Å². The first-order valence-corrected chi connectivity index (χ1v) is 8.40. The Labute approximate surface area is 121 Å². The minimum absolute atomic E-state index is 0.0810. The van der Waals surface area contributed by atoms with E-state index in [1.165, 1.54) is 0 Å². The molecule has 5 nitrogen and oxygen atoms in total. The number of morpholine rings is 1. The summed E-state index contributed by atoms with van der Waals surface area (Å²) in [6, 6.07) is 6.98. The van der Waals surface area contributed by atoms with Crippen LogP contribution < -0.4 is 4.72 Å². The summed E-state index contributed by atoms with van der Waals surface area (Å²) >= 11 is 0. The average Bonchev–Trinajstić information content (AvgIpc) is 2.46. The van der Waals surface area contributed by atoms with Crippen molar-refractivity contribution in [1.82, 2.24) is 9.62 Å². The van der Waals surface area contributed by atoms with Crippen LogP contribution in [-0.4, -0.2) is 52.2 Å². The summed E-state index contributed by atoms with van der Waals surface area (Å²) in [5, 5.41) is 0. The number of sulfonamides is 1. The van der Waals surface area contributed by atoms with Crippen molar-refractivity contribution >= 4 is 10.0 Å². The fourth-order valence-corrected chi connectivity index (χ4v) is 3.64. The van der Waals surface area contributed by atoms with Gasteiger partial charge in [-0.3, -0.25) is 4.90 Å². The van der Waals surface area contributed by atoms with Crippen LogP contribution >= 0.6 is 0 Å². The highest BCUT2D eigenvalue weighted by Gasteiger charge is 2.22. The summed E-state index contributed by atoms with van der Waals surface area (Å²) in [5.41, 5.74) is 0.750. The molecule has 2 rings (SSSR count). The predicted molar refractivity (Wildman–Crippen MR) is 78.2 cm³/mol. The molecule has 0 amide bonds. The van der Waals surface area contributed by atoms with E-state index in [0.717, 1.165) is 25.2 Å². The number of hydrogen-bond donors (Lipinski definition) is 1. The lowest BCUT2D eigenvalue weighted by atomic mass is 10.2. The van der Waals surface area contributed by atoms with Gasteiger partial charge in [0.25, 0.3) is 0 Å². The van der Waals surface area contributed by atoms with Crippen LogP contribution in [0.4, 0.5) is 0 Å². The van der Waals surface area contributed by atoms with Crippen LogP contribution in [0, 0.1) is 6.92 Å². The molecule has 0 aromatic heterocycles. The van der Waals surface area contributed by atoms with E-state index in [1.807, 2.05) is 6.07 Å². The van der Waals surface area contributed by atoms with Crippen LogP contribution in [0.1, 0.15) is 12.5 Å². The van der Waals surface area contributed by atoms with Crippen molar-refractivity contribution in [3.63, 3.8) is 0 Å². The SMILES string of the molecule is CCN1CCOC(CNS(=O)(=O)c2ccccc2C)C1. The van der Waals surface area contributed by atoms with Gasteiger partial charge >= 0.3 is 0 Å². The monoisotopic (exact) mass is 298 g/mol. The molecule has 6 heteroatoms. The second kappa shape index (κ2) is 6.67. The van der Waals surface area contributed by atoms with Crippen molar-refractivity contribution in [2.75, 3.05) is 32.8 Å². The molecule has 1 aliphatic rings. The molecule has 0 bridgehead atoms. The zero-order chi connectivity index (χ0) is 14.6. The van der Waals surface area contributed by atoms with Gasteiger partial charge in [0.2, 0.25) is 10.0 Å². The summed E-state index contributed by atoms with van der Waals surface area (Å²) in [5.74, 6) is 0. The zero-order valence-electron chi connectivity index (χ0n) is 12.0. The van der Waals surface area contributed by atoms with Gasteiger partial charge in [-0.2, -0.15) is 0 Å². The van der Waals surface area contributed by atoms with E-state index < -0.39 is 10.0 Å². The summed E-state index contributed by atoms with van der Waals surface area (Å²) in [6.45, 7) is 7.51. The third kappa shape index (κ3) is 3.79. The molecule has 1 fully saturated rings. The van der Waals surface area contributed by atoms with E-state index in [1.54, 1.807) is 25.1 Å². The second-order valence-corrected chi connectivity index (χ2v) is 6.74. The lowest BCUT2D eigenvalue weighted by Crippen LogP contribution is -2.47. The Hall–Kier alpha value is -0.950. The molecule has 1 aromatic rings. The van der Waals surface area contributed by atoms with Gasteiger partial charge in [-0.25, -0.2) is 13.1 Å². The van der Waals surface area contributed by atoms with Gasteiger partial charge in [0, 0.05) is 19.6 Å². The largest absolute Gasteiger partial charge is 0.374 e. The smallest absolute Gasteiger partial charge is 0.240 e. The topological polar surface area (TPSA) is 58.6 Å². The molecule has 0 saturated carbocycles. The lowest BCUT2D eigenvalue weighted by molar-refractivity contribution is -0.0229. The van der Waals surface area contributed by atoms with Gasteiger partial charge in [-0.15, -0.1) is 0 Å². The van der Waals surface area contributed by atoms with Crippen molar-refractivity contribution in [3.05, 3.63) is 29.8 Å². The molecule has 20 heavy (non-hydrogen) atoms. The number of nitrogens with one attached hydrogen (secondary N) is 1. The third-order valence-electron chi connectivity index (χ3n) is 3.55. The Kier molecular flexibility index (Phi) is 5.15. The highest BCUT2D eigenvalue weighted by molar-refractivity contribution is 7.89. The minimum atomic E-state index is -3.46. The summed E-state index contributed by atoms with van der Waals surface area (Å²) in [6.07, 6.45) is -0.0810. The van der Waals surface area contributed by atoms with Gasteiger partial charge in [-0.1, -0.05) is 25.1 Å². The van der Waals surface area contributed by atoms with Gasteiger partial charge < -0.3 is 4.74 Å². The third-order valence-corrected chi connectivity index (χ3v) is 5.14. The highest BCUT2D eigenvalue weighted by atomic mass is 32.2. The number of nitrogens with zero attached hydrogens (tertiary/aromatic N) is 1. The molecule has 1 saturated heterocycles. The molecule has 1 atom stereocenters. The Morgan fingerprint density at radius 1 is 1.40 bits per heavy atom.